The lowest BCUT2D eigenvalue weighted by molar-refractivity contribution is 0.835. The van der Waals surface area contributed by atoms with Crippen molar-refractivity contribution >= 4 is 11.3 Å². The van der Waals surface area contributed by atoms with Crippen LogP contribution in [0.3, 0.4) is 0 Å². The minimum atomic E-state index is 0.0431. The molecule has 14 heavy (non-hydrogen) atoms. The van der Waals surface area contributed by atoms with Crippen LogP contribution in [0.15, 0.2) is 18.6 Å². The third-order valence-electron chi connectivity index (χ3n) is 1.98. The molecule has 0 aliphatic rings. The zero-order chi connectivity index (χ0) is 10.1. The Bertz CT molecular complexity index is 429. The van der Waals surface area contributed by atoms with E-state index in [1.807, 2.05) is 30.9 Å². The Morgan fingerprint density at radius 3 is 2.79 bits per heavy atom. The second kappa shape index (κ2) is 3.51. The molecule has 0 aliphatic heterocycles. The molecule has 0 fully saturated rings. The van der Waals surface area contributed by atoms with E-state index in [1.165, 1.54) is 0 Å². The SMILES string of the molecule is CC(N)c1cnc(-c2nccn2C)s1. The van der Waals surface area contributed by atoms with E-state index in [0.717, 1.165) is 15.7 Å². The fourth-order valence-electron chi connectivity index (χ4n) is 1.17. The molecule has 2 aromatic rings. The molecule has 0 aliphatic carbocycles. The summed E-state index contributed by atoms with van der Waals surface area (Å²) in [6.45, 7) is 1.95. The van der Waals surface area contributed by atoms with Gasteiger partial charge < -0.3 is 10.3 Å². The van der Waals surface area contributed by atoms with Gasteiger partial charge in [0.1, 0.15) is 0 Å². The predicted octanol–water partition coefficient (Wildman–Crippen LogP) is 1.56. The maximum Gasteiger partial charge on any atom is 0.168 e. The van der Waals surface area contributed by atoms with E-state index in [-0.39, 0.29) is 6.04 Å². The number of rotatable bonds is 2. The third kappa shape index (κ3) is 1.56. The van der Waals surface area contributed by atoms with Crippen LogP contribution in [0.25, 0.3) is 10.8 Å². The van der Waals surface area contributed by atoms with Crippen molar-refractivity contribution in [2.45, 2.75) is 13.0 Å². The molecule has 74 valence electrons. The Morgan fingerprint density at radius 1 is 1.50 bits per heavy atom. The Kier molecular flexibility index (Phi) is 2.35. The van der Waals surface area contributed by atoms with Crippen molar-refractivity contribution in [3.05, 3.63) is 23.5 Å². The summed E-state index contributed by atoms with van der Waals surface area (Å²) in [4.78, 5) is 9.61. The molecule has 0 saturated carbocycles. The summed E-state index contributed by atoms with van der Waals surface area (Å²) in [5.74, 6) is 0.891. The van der Waals surface area contributed by atoms with Crippen molar-refractivity contribution in [2.24, 2.45) is 12.8 Å². The summed E-state index contributed by atoms with van der Waals surface area (Å²) in [6.07, 6.45) is 5.49. The summed E-state index contributed by atoms with van der Waals surface area (Å²) in [7, 11) is 1.95. The highest BCUT2D eigenvalue weighted by atomic mass is 32.1. The molecular weight excluding hydrogens is 196 g/mol. The molecule has 5 heteroatoms. The first-order chi connectivity index (χ1) is 6.68. The van der Waals surface area contributed by atoms with Crippen LogP contribution in [0, 0.1) is 0 Å². The van der Waals surface area contributed by atoms with E-state index in [0.29, 0.717) is 0 Å². The number of nitrogens with two attached hydrogens (primary N) is 1. The highest BCUT2D eigenvalue weighted by molar-refractivity contribution is 7.15. The topological polar surface area (TPSA) is 56.7 Å². The quantitative estimate of drug-likeness (QED) is 0.815. The molecule has 1 atom stereocenters. The van der Waals surface area contributed by atoms with Gasteiger partial charge in [-0.25, -0.2) is 9.97 Å². The second-order valence-corrected chi connectivity index (χ2v) is 4.28. The molecule has 2 aromatic heterocycles. The molecule has 1 unspecified atom stereocenters. The standard InChI is InChI=1S/C9H12N4S/c1-6(10)7-5-12-9(14-7)8-11-3-4-13(8)2/h3-6H,10H2,1-2H3. The van der Waals surface area contributed by atoms with Gasteiger partial charge in [-0.2, -0.15) is 0 Å². The summed E-state index contributed by atoms with van der Waals surface area (Å²) in [5.41, 5.74) is 5.76. The van der Waals surface area contributed by atoms with Gasteiger partial charge >= 0.3 is 0 Å². The smallest absolute Gasteiger partial charge is 0.168 e. The fraction of sp³-hybridized carbons (Fsp3) is 0.333. The van der Waals surface area contributed by atoms with E-state index >= 15 is 0 Å². The van der Waals surface area contributed by atoms with Gasteiger partial charge in [0.25, 0.3) is 0 Å². The van der Waals surface area contributed by atoms with Gasteiger partial charge in [-0.05, 0) is 6.92 Å². The van der Waals surface area contributed by atoms with Crippen LogP contribution < -0.4 is 5.73 Å². The maximum atomic E-state index is 5.76. The Morgan fingerprint density at radius 2 is 2.29 bits per heavy atom. The number of hydrogen-bond donors (Lipinski definition) is 1. The van der Waals surface area contributed by atoms with Gasteiger partial charge in [-0.3, -0.25) is 0 Å². The van der Waals surface area contributed by atoms with Crippen LogP contribution in [0.4, 0.5) is 0 Å². The molecular formula is C9H12N4S. The first-order valence-corrected chi connectivity index (χ1v) is 5.19. The number of imidazole rings is 1. The van der Waals surface area contributed by atoms with Crippen LogP contribution in [-0.2, 0) is 7.05 Å². The van der Waals surface area contributed by atoms with Crippen molar-refractivity contribution in [1.82, 2.24) is 14.5 Å². The minimum absolute atomic E-state index is 0.0431. The third-order valence-corrected chi connectivity index (χ3v) is 3.18. The average Bonchev–Trinajstić information content (AvgIpc) is 2.71. The first-order valence-electron chi connectivity index (χ1n) is 4.37. The van der Waals surface area contributed by atoms with Gasteiger partial charge in [-0.1, -0.05) is 0 Å². The van der Waals surface area contributed by atoms with E-state index in [1.54, 1.807) is 17.5 Å². The van der Waals surface area contributed by atoms with Gasteiger partial charge in [0, 0.05) is 36.6 Å². The summed E-state index contributed by atoms with van der Waals surface area (Å²) < 4.78 is 1.95. The lowest BCUT2D eigenvalue weighted by atomic mass is 10.3. The lowest BCUT2D eigenvalue weighted by Gasteiger charge is -1.97. The summed E-state index contributed by atoms with van der Waals surface area (Å²) in [5, 5.41) is 0.921. The molecule has 0 aromatic carbocycles. The van der Waals surface area contributed by atoms with Crippen LogP contribution in [-0.4, -0.2) is 14.5 Å². The van der Waals surface area contributed by atoms with Crippen LogP contribution in [0.5, 0.6) is 0 Å². The fourth-order valence-corrected chi connectivity index (χ4v) is 2.08. The molecule has 2 N–H and O–H groups in total. The lowest BCUT2D eigenvalue weighted by Crippen LogP contribution is -2.01. The number of hydrogen-bond acceptors (Lipinski definition) is 4. The highest BCUT2D eigenvalue weighted by Gasteiger charge is 2.10. The molecule has 4 nitrogen and oxygen atoms in total. The molecule has 2 heterocycles. The van der Waals surface area contributed by atoms with Crippen LogP contribution in [0.1, 0.15) is 17.8 Å². The van der Waals surface area contributed by atoms with Crippen LogP contribution >= 0.6 is 11.3 Å². The minimum Gasteiger partial charge on any atom is -0.332 e. The maximum absolute atomic E-state index is 5.76. The molecule has 0 spiro atoms. The normalized spacial score (nSPS) is 13.1. The zero-order valence-electron chi connectivity index (χ0n) is 8.14. The highest BCUT2D eigenvalue weighted by Crippen LogP contribution is 2.26. The first kappa shape index (κ1) is 9.36. The van der Waals surface area contributed by atoms with Gasteiger partial charge in [-0.15, -0.1) is 11.3 Å². The van der Waals surface area contributed by atoms with E-state index in [4.69, 9.17) is 5.73 Å². The molecule has 2 rings (SSSR count). The Hall–Kier alpha value is -1.20. The molecule has 0 amide bonds. The monoisotopic (exact) mass is 208 g/mol. The van der Waals surface area contributed by atoms with Crippen molar-refractivity contribution < 1.29 is 0 Å². The molecule has 0 bridgehead atoms. The second-order valence-electron chi connectivity index (χ2n) is 3.22. The molecule has 0 radical (unpaired) electrons. The summed E-state index contributed by atoms with van der Waals surface area (Å²) in [6, 6.07) is 0.0431. The van der Waals surface area contributed by atoms with Crippen LogP contribution in [0.2, 0.25) is 0 Å². The Balaban J connectivity index is 2.39. The van der Waals surface area contributed by atoms with E-state index in [2.05, 4.69) is 9.97 Å². The van der Waals surface area contributed by atoms with E-state index < -0.39 is 0 Å². The number of aryl methyl sites for hydroxylation is 1. The van der Waals surface area contributed by atoms with E-state index in [9.17, 15) is 0 Å². The average molecular weight is 208 g/mol. The number of aromatic nitrogens is 3. The zero-order valence-corrected chi connectivity index (χ0v) is 8.95. The molecule has 0 saturated heterocycles. The van der Waals surface area contributed by atoms with Crippen molar-refractivity contribution in [3.63, 3.8) is 0 Å². The predicted molar refractivity (Wildman–Crippen MR) is 56.9 cm³/mol. The van der Waals surface area contributed by atoms with Crippen molar-refractivity contribution in [3.8, 4) is 10.8 Å². The Labute approximate surface area is 86.4 Å². The van der Waals surface area contributed by atoms with Gasteiger partial charge in [0.05, 0.1) is 0 Å². The number of nitrogens with zero attached hydrogens (tertiary/aromatic N) is 3. The van der Waals surface area contributed by atoms with Gasteiger partial charge in [0.15, 0.2) is 10.8 Å². The van der Waals surface area contributed by atoms with Crippen molar-refractivity contribution in [1.29, 1.82) is 0 Å². The summed E-state index contributed by atoms with van der Waals surface area (Å²) >= 11 is 1.59. The number of thiazole rings is 1. The van der Waals surface area contributed by atoms with Gasteiger partial charge in [0.2, 0.25) is 0 Å². The largest absolute Gasteiger partial charge is 0.332 e. The van der Waals surface area contributed by atoms with Crippen molar-refractivity contribution in [2.75, 3.05) is 0 Å².